The highest BCUT2D eigenvalue weighted by molar-refractivity contribution is 7.16. The van der Waals surface area contributed by atoms with Gasteiger partial charge < -0.3 is 15.0 Å². The summed E-state index contributed by atoms with van der Waals surface area (Å²) in [4.78, 5) is 28.4. The molecule has 1 saturated carbocycles. The number of carbonyl (C=O) groups is 2. The van der Waals surface area contributed by atoms with E-state index in [-0.39, 0.29) is 23.8 Å². The molecule has 2 aliphatic rings. The van der Waals surface area contributed by atoms with Crippen LogP contribution in [0.25, 0.3) is 0 Å². The van der Waals surface area contributed by atoms with Gasteiger partial charge in [-0.1, -0.05) is 11.6 Å². The van der Waals surface area contributed by atoms with Crippen LogP contribution in [0, 0.1) is 19.8 Å². The van der Waals surface area contributed by atoms with Gasteiger partial charge in [-0.15, -0.1) is 11.3 Å². The van der Waals surface area contributed by atoms with Gasteiger partial charge in [-0.25, -0.2) is 0 Å². The molecule has 29 heavy (non-hydrogen) atoms. The van der Waals surface area contributed by atoms with Crippen molar-refractivity contribution in [1.29, 1.82) is 0 Å². The standard InChI is InChI=1S/C22H25ClN2O3S/c1-13-14(2)29-21(24-20(26)15-3-4-15)19(13)22(27)25-11-9-18(10-12-25)28-17-7-5-16(23)6-8-17/h5-8,15,18H,3-4,9-12H2,1-2H3,(H,24,26). The lowest BCUT2D eigenvalue weighted by Crippen LogP contribution is -2.42. The van der Waals surface area contributed by atoms with E-state index >= 15 is 0 Å². The van der Waals surface area contributed by atoms with Gasteiger partial charge in [0.25, 0.3) is 5.91 Å². The van der Waals surface area contributed by atoms with E-state index in [1.165, 1.54) is 11.3 Å². The van der Waals surface area contributed by atoms with Crippen LogP contribution < -0.4 is 10.1 Å². The number of rotatable bonds is 5. The third-order valence-electron chi connectivity index (χ3n) is 5.63. The number of likely N-dealkylation sites (tertiary alicyclic amines) is 1. The molecule has 0 spiro atoms. The number of carbonyl (C=O) groups excluding carboxylic acids is 2. The monoisotopic (exact) mass is 432 g/mol. The number of hydrogen-bond donors (Lipinski definition) is 1. The summed E-state index contributed by atoms with van der Waals surface area (Å²) >= 11 is 7.42. The molecule has 1 aromatic heterocycles. The van der Waals surface area contributed by atoms with Gasteiger partial charge in [-0.05, 0) is 56.5 Å². The second-order valence-corrected chi connectivity index (χ2v) is 9.48. The molecule has 1 saturated heterocycles. The van der Waals surface area contributed by atoms with Crippen LogP contribution in [0.15, 0.2) is 24.3 Å². The maximum absolute atomic E-state index is 13.2. The van der Waals surface area contributed by atoms with Gasteiger partial charge in [0, 0.05) is 41.7 Å². The minimum absolute atomic E-state index is 0.00268. The number of nitrogens with one attached hydrogen (secondary N) is 1. The number of ether oxygens (including phenoxy) is 1. The number of anilines is 1. The molecule has 2 amide bonds. The Morgan fingerprint density at radius 2 is 1.76 bits per heavy atom. The summed E-state index contributed by atoms with van der Waals surface area (Å²) in [5.41, 5.74) is 1.62. The summed E-state index contributed by atoms with van der Waals surface area (Å²) in [6.07, 6.45) is 3.53. The van der Waals surface area contributed by atoms with E-state index in [2.05, 4.69) is 5.32 Å². The number of hydrogen-bond acceptors (Lipinski definition) is 4. The van der Waals surface area contributed by atoms with Crippen LogP contribution in [0.1, 0.15) is 46.5 Å². The van der Waals surface area contributed by atoms with Crippen LogP contribution in [-0.4, -0.2) is 35.9 Å². The Morgan fingerprint density at radius 1 is 1.10 bits per heavy atom. The predicted octanol–water partition coefficient (Wildman–Crippen LogP) is 5.05. The molecule has 0 unspecified atom stereocenters. The zero-order chi connectivity index (χ0) is 20.5. The van der Waals surface area contributed by atoms with Crippen molar-refractivity contribution >= 4 is 39.8 Å². The summed E-state index contributed by atoms with van der Waals surface area (Å²) in [5, 5.41) is 4.38. The molecule has 154 valence electrons. The average Bonchev–Trinajstić information content (AvgIpc) is 3.51. The van der Waals surface area contributed by atoms with Gasteiger partial charge in [-0.2, -0.15) is 0 Å². The average molecular weight is 433 g/mol. The number of benzene rings is 1. The van der Waals surface area contributed by atoms with Gasteiger partial charge in [0.2, 0.25) is 5.91 Å². The first-order valence-corrected chi connectivity index (χ1v) is 11.2. The topological polar surface area (TPSA) is 58.6 Å². The Labute approximate surface area is 180 Å². The van der Waals surface area contributed by atoms with E-state index < -0.39 is 0 Å². The van der Waals surface area contributed by atoms with Crippen molar-refractivity contribution in [3.05, 3.63) is 45.3 Å². The maximum atomic E-state index is 13.2. The fourth-order valence-corrected chi connectivity index (χ4v) is 4.75. The Bertz CT molecular complexity index is 913. The summed E-state index contributed by atoms with van der Waals surface area (Å²) in [5.74, 6) is 0.952. The van der Waals surface area contributed by atoms with Crippen molar-refractivity contribution in [1.82, 2.24) is 4.90 Å². The van der Waals surface area contributed by atoms with Gasteiger partial charge in [0.1, 0.15) is 16.9 Å². The van der Waals surface area contributed by atoms with E-state index in [0.717, 1.165) is 41.9 Å². The minimum atomic E-state index is 0.00268. The summed E-state index contributed by atoms with van der Waals surface area (Å²) in [7, 11) is 0. The van der Waals surface area contributed by atoms with Crippen LogP contribution in [0.4, 0.5) is 5.00 Å². The molecule has 0 bridgehead atoms. The predicted molar refractivity (Wildman–Crippen MR) is 116 cm³/mol. The lowest BCUT2D eigenvalue weighted by molar-refractivity contribution is -0.117. The van der Waals surface area contributed by atoms with E-state index in [9.17, 15) is 9.59 Å². The molecule has 4 rings (SSSR count). The van der Waals surface area contributed by atoms with Crippen LogP contribution in [0.3, 0.4) is 0 Å². The largest absolute Gasteiger partial charge is 0.490 e. The van der Waals surface area contributed by atoms with E-state index in [0.29, 0.717) is 28.7 Å². The Kier molecular flexibility index (Phi) is 5.83. The van der Waals surface area contributed by atoms with Crippen LogP contribution in [-0.2, 0) is 4.79 Å². The van der Waals surface area contributed by atoms with E-state index in [4.69, 9.17) is 16.3 Å². The molecule has 1 aliphatic carbocycles. The molecule has 0 radical (unpaired) electrons. The first kappa shape index (κ1) is 20.2. The highest BCUT2D eigenvalue weighted by Crippen LogP contribution is 2.37. The normalized spacial score (nSPS) is 17.3. The number of nitrogens with zero attached hydrogens (tertiary/aromatic N) is 1. The number of amides is 2. The molecule has 1 N–H and O–H groups in total. The summed E-state index contributed by atoms with van der Waals surface area (Å²) in [6, 6.07) is 7.36. The van der Waals surface area contributed by atoms with E-state index in [1.54, 1.807) is 0 Å². The first-order chi connectivity index (χ1) is 13.9. The SMILES string of the molecule is Cc1sc(NC(=O)C2CC2)c(C(=O)N2CCC(Oc3ccc(Cl)cc3)CC2)c1C. The van der Waals surface area contributed by atoms with Crippen molar-refractivity contribution in [3.63, 3.8) is 0 Å². The fourth-order valence-electron chi connectivity index (χ4n) is 3.57. The third kappa shape index (κ3) is 4.59. The van der Waals surface area contributed by atoms with Crippen LogP contribution in [0.2, 0.25) is 5.02 Å². The Morgan fingerprint density at radius 3 is 2.38 bits per heavy atom. The molecule has 2 aromatic rings. The maximum Gasteiger partial charge on any atom is 0.257 e. The van der Waals surface area contributed by atoms with Gasteiger partial charge in [-0.3, -0.25) is 9.59 Å². The molecular formula is C22H25ClN2O3S. The van der Waals surface area contributed by atoms with Crippen LogP contribution in [0.5, 0.6) is 5.75 Å². The molecular weight excluding hydrogens is 408 g/mol. The van der Waals surface area contributed by atoms with E-state index in [1.807, 2.05) is 43.0 Å². The second-order valence-electron chi connectivity index (χ2n) is 7.81. The minimum Gasteiger partial charge on any atom is -0.490 e. The summed E-state index contributed by atoms with van der Waals surface area (Å²) in [6.45, 7) is 5.24. The molecule has 1 aliphatic heterocycles. The van der Waals surface area contributed by atoms with Gasteiger partial charge in [0.15, 0.2) is 0 Å². The zero-order valence-electron chi connectivity index (χ0n) is 16.7. The smallest absolute Gasteiger partial charge is 0.257 e. The van der Waals surface area contributed by atoms with Crippen molar-refractivity contribution < 1.29 is 14.3 Å². The fraction of sp³-hybridized carbons (Fsp3) is 0.455. The van der Waals surface area contributed by atoms with Crippen molar-refractivity contribution in [3.8, 4) is 5.75 Å². The molecule has 7 heteroatoms. The molecule has 1 aromatic carbocycles. The summed E-state index contributed by atoms with van der Waals surface area (Å²) < 4.78 is 6.03. The highest BCUT2D eigenvalue weighted by Gasteiger charge is 2.33. The lowest BCUT2D eigenvalue weighted by atomic mass is 10.0. The first-order valence-electron chi connectivity index (χ1n) is 10.0. The molecule has 2 heterocycles. The molecule has 5 nitrogen and oxygen atoms in total. The molecule has 2 fully saturated rings. The van der Waals surface area contributed by atoms with Crippen LogP contribution >= 0.6 is 22.9 Å². The van der Waals surface area contributed by atoms with Crippen molar-refractivity contribution in [2.75, 3.05) is 18.4 Å². The Hall–Kier alpha value is -2.05. The third-order valence-corrected chi connectivity index (χ3v) is 7.00. The van der Waals surface area contributed by atoms with Crippen molar-refractivity contribution in [2.45, 2.75) is 45.6 Å². The number of aryl methyl sites for hydroxylation is 1. The molecule has 0 atom stereocenters. The Balaban J connectivity index is 1.40. The number of halogens is 1. The van der Waals surface area contributed by atoms with Crippen molar-refractivity contribution in [2.24, 2.45) is 5.92 Å². The number of piperidine rings is 1. The number of thiophene rings is 1. The quantitative estimate of drug-likeness (QED) is 0.719. The zero-order valence-corrected chi connectivity index (χ0v) is 18.2. The second kappa shape index (κ2) is 8.36. The highest BCUT2D eigenvalue weighted by atomic mass is 35.5. The van der Waals surface area contributed by atoms with Gasteiger partial charge in [0.05, 0.1) is 5.56 Å². The van der Waals surface area contributed by atoms with Gasteiger partial charge >= 0.3 is 0 Å². The lowest BCUT2D eigenvalue weighted by Gasteiger charge is -2.32.